The normalized spacial score (nSPS) is 10.7. The van der Waals surface area contributed by atoms with Crippen molar-refractivity contribution >= 4 is 22.4 Å². The predicted octanol–water partition coefficient (Wildman–Crippen LogP) is 2.85. The van der Waals surface area contributed by atoms with E-state index in [1.54, 1.807) is 24.9 Å². The third-order valence-corrected chi connectivity index (χ3v) is 3.33. The van der Waals surface area contributed by atoms with Crippen molar-refractivity contribution in [2.75, 3.05) is 5.32 Å². The van der Waals surface area contributed by atoms with Gasteiger partial charge in [-0.3, -0.25) is 9.78 Å². The zero-order chi connectivity index (χ0) is 14.5. The van der Waals surface area contributed by atoms with Crippen molar-refractivity contribution in [3.8, 4) is 0 Å². The molecule has 106 valence electrons. The van der Waals surface area contributed by atoms with Crippen LogP contribution in [0.15, 0.2) is 55.4 Å². The first-order valence-corrected chi connectivity index (χ1v) is 6.91. The molecule has 1 aromatic carbocycles. The fraction of sp³-hybridized carbons (Fsp3) is 0.188. The largest absolute Gasteiger partial charge is 0.337 e. The number of amides is 1. The van der Waals surface area contributed by atoms with Gasteiger partial charge in [-0.05, 0) is 18.6 Å². The fourth-order valence-corrected chi connectivity index (χ4v) is 2.29. The van der Waals surface area contributed by atoms with Gasteiger partial charge in [0, 0.05) is 54.2 Å². The van der Waals surface area contributed by atoms with Crippen LogP contribution < -0.4 is 5.32 Å². The molecule has 0 unspecified atom stereocenters. The topological polar surface area (TPSA) is 59.8 Å². The van der Waals surface area contributed by atoms with Gasteiger partial charge in [0.1, 0.15) is 0 Å². The molecule has 0 radical (unpaired) electrons. The van der Waals surface area contributed by atoms with Crippen LogP contribution in [0.1, 0.15) is 12.8 Å². The van der Waals surface area contributed by atoms with Crippen LogP contribution in [0.2, 0.25) is 0 Å². The monoisotopic (exact) mass is 280 g/mol. The Balaban J connectivity index is 1.61. The van der Waals surface area contributed by atoms with Crippen LogP contribution in [-0.4, -0.2) is 20.4 Å². The summed E-state index contributed by atoms with van der Waals surface area (Å²) in [6.07, 6.45) is 10.2. The van der Waals surface area contributed by atoms with Crippen LogP contribution in [0.4, 0.5) is 5.69 Å². The zero-order valence-corrected chi connectivity index (χ0v) is 11.6. The van der Waals surface area contributed by atoms with Gasteiger partial charge in [-0.1, -0.05) is 12.1 Å². The van der Waals surface area contributed by atoms with E-state index in [0.717, 1.165) is 29.4 Å². The van der Waals surface area contributed by atoms with E-state index in [1.807, 2.05) is 35.0 Å². The lowest BCUT2D eigenvalue weighted by atomic mass is 10.1. The third kappa shape index (κ3) is 3.25. The molecule has 1 amide bonds. The summed E-state index contributed by atoms with van der Waals surface area (Å²) in [7, 11) is 0. The molecule has 0 bridgehead atoms. The summed E-state index contributed by atoms with van der Waals surface area (Å²) < 4.78 is 1.97. The Morgan fingerprint density at radius 2 is 2.14 bits per heavy atom. The number of aromatic nitrogens is 3. The first-order valence-electron chi connectivity index (χ1n) is 6.91. The molecule has 0 saturated heterocycles. The molecule has 3 rings (SSSR count). The number of nitrogens with zero attached hydrogens (tertiary/aromatic N) is 3. The van der Waals surface area contributed by atoms with Crippen molar-refractivity contribution in [1.29, 1.82) is 0 Å². The van der Waals surface area contributed by atoms with Crippen molar-refractivity contribution in [2.24, 2.45) is 0 Å². The first-order chi connectivity index (χ1) is 10.3. The first kappa shape index (κ1) is 13.3. The average Bonchev–Trinajstić information content (AvgIpc) is 3.01. The van der Waals surface area contributed by atoms with Crippen molar-refractivity contribution in [3.63, 3.8) is 0 Å². The predicted molar refractivity (Wildman–Crippen MR) is 81.8 cm³/mol. The Bertz CT molecular complexity index is 732. The van der Waals surface area contributed by atoms with Crippen molar-refractivity contribution in [2.45, 2.75) is 19.4 Å². The molecule has 3 aromatic rings. The second-order valence-corrected chi connectivity index (χ2v) is 4.85. The number of hydrogen-bond donors (Lipinski definition) is 1. The number of nitrogens with one attached hydrogen (secondary N) is 1. The molecule has 0 aliphatic carbocycles. The van der Waals surface area contributed by atoms with Crippen LogP contribution in [0.5, 0.6) is 0 Å². The van der Waals surface area contributed by atoms with Gasteiger partial charge in [0.15, 0.2) is 0 Å². The molecule has 0 atom stereocenters. The van der Waals surface area contributed by atoms with Gasteiger partial charge in [-0.2, -0.15) is 0 Å². The Morgan fingerprint density at radius 1 is 1.19 bits per heavy atom. The van der Waals surface area contributed by atoms with Gasteiger partial charge in [-0.15, -0.1) is 0 Å². The van der Waals surface area contributed by atoms with Crippen LogP contribution >= 0.6 is 0 Å². The number of aryl methyl sites for hydroxylation is 1. The number of benzene rings is 1. The van der Waals surface area contributed by atoms with Gasteiger partial charge in [-0.25, -0.2) is 4.98 Å². The summed E-state index contributed by atoms with van der Waals surface area (Å²) in [5.74, 6) is 0.0272. The Kier molecular flexibility index (Phi) is 3.91. The lowest BCUT2D eigenvalue weighted by Crippen LogP contribution is -2.12. The van der Waals surface area contributed by atoms with E-state index in [-0.39, 0.29) is 5.91 Å². The minimum absolute atomic E-state index is 0.0272. The molecular formula is C16H16N4O. The SMILES string of the molecule is O=C(CCCn1ccnc1)Nc1cccc2cnccc12. The minimum Gasteiger partial charge on any atom is -0.337 e. The van der Waals surface area contributed by atoms with E-state index >= 15 is 0 Å². The van der Waals surface area contributed by atoms with E-state index in [1.165, 1.54) is 0 Å². The highest BCUT2D eigenvalue weighted by Crippen LogP contribution is 2.22. The molecule has 21 heavy (non-hydrogen) atoms. The van der Waals surface area contributed by atoms with Crippen molar-refractivity contribution in [3.05, 3.63) is 55.4 Å². The standard InChI is InChI=1S/C16H16N4O/c21-16(5-2-9-20-10-8-18-12-20)19-15-4-1-3-13-11-17-7-6-14(13)15/h1,3-4,6-8,10-12H,2,5,9H2,(H,19,21). The maximum atomic E-state index is 12.0. The summed E-state index contributed by atoms with van der Waals surface area (Å²) in [5.41, 5.74) is 0.836. The minimum atomic E-state index is 0.0272. The number of pyridine rings is 1. The van der Waals surface area contributed by atoms with Crippen LogP contribution in [-0.2, 0) is 11.3 Å². The highest BCUT2D eigenvalue weighted by atomic mass is 16.1. The number of carbonyl (C=O) groups excluding carboxylic acids is 1. The number of anilines is 1. The number of rotatable bonds is 5. The van der Waals surface area contributed by atoms with E-state index < -0.39 is 0 Å². The summed E-state index contributed by atoms with van der Waals surface area (Å²) in [6.45, 7) is 0.798. The molecule has 0 fully saturated rings. The van der Waals surface area contributed by atoms with E-state index in [4.69, 9.17) is 0 Å². The van der Waals surface area contributed by atoms with Gasteiger partial charge < -0.3 is 9.88 Å². The van der Waals surface area contributed by atoms with Crippen molar-refractivity contribution < 1.29 is 4.79 Å². The lowest BCUT2D eigenvalue weighted by Gasteiger charge is -2.08. The summed E-state index contributed by atoms with van der Waals surface area (Å²) in [6, 6.07) is 7.73. The molecule has 1 N–H and O–H groups in total. The molecule has 0 saturated carbocycles. The smallest absolute Gasteiger partial charge is 0.224 e. The highest BCUT2D eigenvalue weighted by molar-refractivity contribution is 6.01. The van der Waals surface area contributed by atoms with Gasteiger partial charge in [0.25, 0.3) is 0 Å². The van der Waals surface area contributed by atoms with E-state index in [9.17, 15) is 4.79 Å². The Morgan fingerprint density at radius 3 is 3.00 bits per heavy atom. The molecule has 2 heterocycles. The summed E-state index contributed by atoms with van der Waals surface area (Å²) in [5, 5.41) is 5.01. The molecule has 5 nitrogen and oxygen atoms in total. The zero-order valence-electron chi connectivity index (χ0n) is 11.6. The summed E-state index contributed by atoms with van der Waals surface area (Å²) in [4.78, 5) is 20.1. The van der Waals surface area contributed by atoms with Crippen molar-refractivity contribution in [1.82, 2.24) is 14.5 Å². The van der Waals surface area contributed by atoms with E-state index in [0.29, 0.717) is 6.42 Å². The lowest BCUT2D eigenvalue weighted by molar-refractivity contribution is -0.116. The molecule has 0 spiro atoms. The third-order valence-electron chi connectivity index (χ3n) is 3.33. The second kappa shape index (κ2) is 6.17. The summed E-state index contributed by atoms with van der Waals surface area (Å²) >= 11 is 0. The van der Waals surface area contributed by atoms with E-state index in [2.05, 4.69) is 15.3 Å². The van der Waals surface area contributed by atoms with Crippen LogP contribution in [0.3, 0.4) is 0 Å². The molecule has 0 aliphatic rings. The maximum absolute atomic E-state index is 12.0. The Labute approximate surface area is 122 Å². The maximum Gasteiger partial charge on any atom is 0.224 e. The quantitative estimate of drug-likeness (QED) is 0.781. The average molecular weight is 280 g/mol. The van der Waals surface area contributed by atoms with Gasteiger partial charge >= 0.3 is 0 Å². The fourth-order valence-electron chi connectivity index (χ4n) is 2.29. The van der Waals surface area contributed by atoms with Crippen LogP contribution in [0, 0.1) is 0 Å². The number of hydrogen-bond acceptors (Lipinski definition) is 3. The number of fused-ring (bicyclic) bond motifs is 1. The number of carbonyl (C=O) groups is 1. The molecule has 0 aliphatic heterocycles. The molecule has 2 aromatic heterocycles. The Hall–Kier alpha value is -2.69. The highest BCUT2D eigenvalue weighted by Gasteiger charge is 2.05. The second-order valence-electron chi connectivity index (χ2n) is 4.85. The van der Waals surface area contributed by atoms with Gasteiger partial charge in [0.2, 0.25) is 5.91 Å². The molecule has 5 heteroatoms. The van der Waals surface area contributed by atoms with Crippen LogP contribution in [0.25, 0.3) is 10.8 Å². The van der Waals surface area contributed by atoms with Gasteiger partial charge in [0.05, 0.1) is 6.33 Å². The number of imidazole rings is 1. The molecular weight excluding hydrogens is 264 g/mol.